The predicted octanol–water partition coefficient (Wildman–Crippen LogP) is 3.44. The van der Waals surface area contributed by atoms with Gasteiger partial charge in [-0.2, -0.15) is 4.98 Å². The summed E-state index contributed by atoms with van der Waals surface area (Å²) in [4.78, 5) is 29.2. The number of benzene rings is 2. The quantitative estimate of drug-likeness (QED) is 0.670. The average Bonchev–Trinajstić information content (AvgIpc) is 3.23. The van der Waals surface area contributed by atoms with Crippen molar-refractivity contribution in [2.45, 2.75) is 19.4 Å². The third kappa shape index (κ3) is 3.79. The molecule has 0 saturated carbocycles. The van der Waals surface area contributed by atoms with Crippen molar-refractivity contribution in [3.05, 3.63) is 53.1 Å². The van der Waals surface area contributed by atoms with Crippen LogP contribution in [0.2, 0.25) is 5.02 Å². The second-order valence-electron chi connectivity index (χ2n) is 6.65. The first-order chi connectivity index (χ1) is 13.9. The molecular formula is C20H18ClN5O3. The third-order valence-corrected chi connectivity index (χ3v) is 4.90. The summed E-state index contributed by atoms with van der Waals surface area (Å²) in [5.41, 5.74) is 2.26. The molecule has 0 spiro atoms. The van der Waals surface area contributed by atoms with Crippen molar-refractivity contribution in [3.63, 3.8) is 0 Å². The molecule has 4 rings (SSSR count). The molecule has 0 saturated heterocycles. The van der Waals surface area contributed by atoms with E-state index in [-0.39, 0.29) is 18.2 Å². The molecule has 0 fully saturated rings. The number of ether oxygens (including phenoxy) is 1. The van der Waals surface area contributed by atoms with E-state index in [2.05, 4.69) is 20.7 Å². The topological polar surface area (TPSA) is 98.1 Å². The van der Waals surface area contributed by atoms with E-state index in [1.165, 1.54) is 4.68 Å². The molecule has 9 heteroatoms. The lowest BCUT2D eigenvalue weighted by atomic mass is 10.1. The van der Waals surface area contributed by atoms with Crippen LogP contribution in [0.25, 0.3) is 11.4 Å². The van der Waals surface area contributed by atoms with Crippen molar-refractivity contribution in [1.29, 1.82) is 0 Å². The van der Waals surface area contributed by atoms with Crippen molar-refractivity contribution >= 4 is 35.1 Å². The van der Waals surface area contributed by atoms with E-state index in [9.17, 15) is 9.59 Å². The van der Waals surface area contributed by atoms with E-state index >= 15 is 0 Å². The highest BCUT2D eigenvalue weighted by atomic mass is 35.5. The van der Waals surface area contributed by atoms with Crippen molar-refractivity contribution in [2.24, 2.45) is 0 Å². The normalized spacial score (nSPS) is 15.0. The maximum absolute atomic E-state index is 12.5. The zero-order chi connectivity index (χ0) is 20.5. The van der Waals surface area contributed by atoms with Crippen LogP contribution in [0.5, 0.6) is 5.75 Å². The number of nitrogens with zero attached hydrogens (tertiary/aromatic N) is 3. The Bertz CT molecular complexity index is 1090. The predicted molar refractivity (Wildman–Crippen MR) is 109 cm³/mol. The van der Waals surface area contributed by atoms with Gasteiger partial charge in [0.1, 0.15) is 11.8 Å². The first kappa shape index (κ1) is 18.9. The van der Waals surface area contributed by atoms with E-state index < -0.39 is 6.04 Å². The second kappa shape index (κ2) is 7.56. The number of methoxy groups -OCH3 is 1. The highest BCUT2D eigenvalue weighted by Crippen LogP contribution is 2.29. The van der Waals surface area contributed by atoms with E-state index in [0.717, 1.165) is 16.9 Å². The minimum atomic E-state index is -0.774. The zero-order valence-corrected chi connectivity index (χ0v) is 16.5. The van der Waals surface area contributed by atoms with E-state index in [4.69, 9.17) is 16.3 Å². The molecule has 8 nitrogen and oxygen atoms in total. The van der Waals surface area contributed by atoms with Crippen LogP contribution in [0.4, 0.5) is 11.6 Å². The number of nitrogens with one attached hydrogen (secondary N) is 2. The van der Waals surface area contributed by atoms with Crippen LogP contribution < -0.4 is 15.4 Å². The number of aryl methyl sites for hydroxylation is 1. The molecule has 0 unspecified atom stereocenters. The van der Waals surface area contributed by atoms with Crippen molar-refractivity contribution < 1.29 is 14.3 Å². The van der Waals surface area contributed by atoms with Crippen LogP contribution in [0.15, 0.2) is 42.5 Å². The molecule has 2 aromatic carbocycles. The molecule has 1 aliphatic rings. The molecule has 29 heavy (non-hydrogen) atoms. The molecule has 2 amide bonds. The number of rotatable bonds is 5. The van der Waals surface area contributed by atoms with Gasteiger partial charge in [-0.25, -0.2) is 4.68 Å². The number of carbonyl (C=O) groups excluding carboxylic acids is 2. The summed E-state index contributed by atoms with van der Waals surface area (Å²) in [6, 6.07) is 11.7. The maximum atomic E-state index is 12.5. The van der Waals surface area contributed by atoms with Crippen molar-refractivity contribution in [1.82, 2.24) is 14.8 Å². The van der Waals surface area contributed by atoms with Gasteiger partial charge < -0.3 is 10.1 Å². The Morgan fingerprint density at radius 1 is 1.28 bits per heavy atom. The molecular weight excluding hydrogens is 394 g/mol. The van der Waals surface area contributed by atoms with Gasteiger partial charge in [-0.15, -0.1) is 5.10 Å². The maximum Gasteiger partial charge on any atom is 0.252 e. The van der Waals surface area contributed by atoms with Crippen LogP contribution in [-0.2, 0) is 9.59 Å². The Hall–Kier alpha value is -3.39. The summed E-state index contributed by atoms with van der Waals surface area (Å²) in [7, 11) is 1.59. The minimum absolute atomic E-state index is 0.0732. The molecule has 148 valence electrons. The van der Waals surface area contributed by atoms with Gasteiger partial charge in [-0.3, -0.25) is 14.9 Å². The Morgan fingerprint density at radius 2 is 2.03 bits per heavy atom. The zero-order valence-electron chi connectivity index (χ0n) is 15.8. The number of halogens is 1. The summed E-state index contributed by atoms with van der Waals surface area (Å²) >= 11 is 6.00. The number of aromatic nitrogens is 3. The lowest BCUT2D eigenvalue weighted by Crippen LogP contribution is -2.24. The molecule has 0 bridgehead atoms. The number of amides is 2. The largest absolute Gasteiger partial charge is 0.497 e. The standard InChI is InChI=1S/C20H18ClN5O3/c1-11-3-6-13(21)9-15(11)22-17(27)10-16-19(28)24-20-23-18(25-26(16)20)12-4-7-14(29-2)8-5-12/h3-9,16H,10H2,1-2H3,(H,22,27)(H,23,24,25,28)/t16-/m0/s1. The van der Waals surface area contributed by atoms with Crippen LogP contribution in [0, 0.1) is 6.92 Å². The molecule has 2 N–H and O–H groups in total. The minimum Gasteiger partial charge on any atom is -0.497 e. The molecule has 0 radical (unpaired) electrons. The van der Waals surface area contributed by atoms with E-state index in [1.54, 1.807) is 31.4 Å². The highest BCUT2D eigenvalue weighted by Gasteiger charge is 2.35. The molecule has 1 aromatic heterocycles. The van der Waals surface area contributed by atoms with Gasteiger partial charge in [0, 0.05) is 16.3 Å². The van der Waals surface area contributed by atoms with Crippen LogP contribution in [0.1, 0.15) is 18.0 Å². The SMILES string of the molecule is COc1ccc(-c2nc3n(n2)[C@@H](CC(=O)Nc2cc(Cl)ccc2C)C(=O)N3)cc1. The Kier molecular flexibility index (Phi) is 4.94. The summed E-state index contributed by atoms with van der Waals surface area (Å²) in [6.07, 6.45) is -0.0732. The summed E-state index contributed by atoms with van der Waals surface area (Å²) in [5, 5.41) is 10.4. The fraction of sp³-hybridized carbons (Fsp3) is 0.200. The number of hydrogen-bond donors (Lipinski definition) is 2. The van der Waals surface area contributed by atoms with Gasteiger partial charge in [0.15, 0.2) is 5.82 Å². The molecule has 0 aliphatic carbocycles. The summed E-state index contributed by atoms with van der Waals surface area (Å²) in [6.45, 7) is 1.87. The highest BCUT2D eigenvalue weighted by molar-refractivity contribution is 6.31. The second-order valence-corrected chi connectivity index (χ2v) is 7.09. The van der Waals surface area contributed by atoms with Gasteiger partial charge in [0.25, 0.3) is 5.91 Å². The number of carbonyl (C=O) groups is 2. The smallest absolute Gasteiger partial charge is 0.252 e. The van der Waals surface area contributed by atoms with Gasteiger partial charge >= 0.3 is 0 Å². The molecule has 2 heterocycles. The van der Waals surface area contributed by atoms with Gasteiger partial charge in [-0.05, 0) is 48.9 Å². The van der Waals surface area contributed by atoms with Gasteiger partial charge in [0.2, 0.25) is 11.9 Å². The van der Waals surface area contributed by atoms with Gasteiger partial charge in [-0.1, -0.05) is 17.7 Å². The summed E-state index contributed by atoms with van der Waals surface area (Å²) < 4.78 is 6.60. The number of fused-ring (bicyclic) bond motifs is 1. The Labute approximate surface area is 171 Å². The molecule has 1 aliphatic heterocycles. The number of hydrogen-bond acceptors (Lipinski definition) is 5. The van der Waals surface area contributed by atoms with Crippen LogP contribution in [0.3, 0.4) is 0 Å². The van der Waals surface area contributed by atoms with Crippen molar-refractivity contribution in [3.8, 4) is 17.1 Å². The number of anilines is 2. The first-order valence-electron chi connectivity index (χ1n) is 8.92. The third-order valence-electron chi connectivity index (χ3n) is 4.66. The lowest BCUT2D eigenvalue weighted by Gasteiger charge is -2.11. The fourth-order valence-corrected chi connectivity index (χ4v) is 3.25. The van der Waals surface area contributed by atoms with Crippen LogP contribution in [-0.4, -0.2) is 33.7 Å². The Morgan fingerprint density at radius 3 is 2.76 bits per heavy atom. The molecule has 1 atom stereocenters. The molecule has 3 aromatic rings. The van der Waals surface area contributed by atoms with E-state index in [0.29, 0.717) is 22.5 Å². The lowest BCUT2D eigenvalue weighted by molar-refractivity contribution is -0.123. The van der Waals surface area contributed by atoms with E-state index in [1.807, 2.05) is 25.1 Å². The average molecular weight is 412 g/mol. The summed E-state index contributed by atoms with van der Waals surface area (Å²) in [5.74, 6) is 0.861. The van der Waals surface area contributed by atoms with Gasteiger partial charge in [0.05, 0.1) is 13.5 Å². The monoisotopic (exact) mass is 411 g/mol. The van der Waals surface area contributed by atoms with Crippen LogP contribution >= 0.6 is 11.6 Å². The first-order valence-corrected chi connectivity index (χ1v) is 9.30. The van der Waals surface area contributed by atoms with Crippen molar-refractivity contribution in [2.75, 3.05) is 17.7 Å². The Balaban J connectivity index is 1.52. The fourth-order valence-electron chi connectivity index (χ4n) is 3.08.